The summed E-state index contributed by atoms with van der Waals surface area (Å²) in [4.78, 5) is 23.2. The number of rotatable bonds is 5. The molecule has 0 heterocycles. The molecule has 1 aromatic carbocycles. The average molecular weight is 277 g/mol. The van der Waals surface area contributed by atoms with Gasteiger partial charge in [-0.05, 0) is 38.0 Å². The maximum atomic E-state index is 11.8. The largest absolute Gasteiger partial charge is 0.465 e. The first kappa shape index (κ1) is 14.2. The summed E-state index contributed by atoms with van der Waals surface area (Å²) in [5.74, 6) is -0.494. The Morgan fingerprint density at radius 2 is 2.10 bits per heavy atom. The van der Waals surface area contributed by atoms with E-state index in [0.29, 0.717) is 23.0 Å². The number of nitrogens with one attached hydrogen (secondary N) is 2. The van der Waals surface area contributed by atoms with Crippen molar-refractivity contribution in [2.24, 2.45) is 0 Å². The van der Waals surface area contributed by atoms with Crippen LogP contribution in [0.4, 0.5) is 11.4 Å². The molecule has 1 atom stereocenters. The predicted octanol–water partition coefficient (Wildman–Crippen LogP) is 1.13. The monoisotopic (exact) mass is 277 g/mol. The van der Waals surface area contributed by atoms with Crippen LogP contribution in [0.15, 0.2) is 18.2 Å². The Labute approximate surface area is 117 Å². The van der Waals surface area contributed by atoms with Crippen LogP contribution >= 0.6 is 0 Å². The van der Waals surface area contributed by atoms with Crippen molar-refractivity contribution < 1.29 is 14.3 Å². The maximum absolute atomic E-state index is 11.8. The number of hydrogen-bond acceptors (Lipinski definition) is 5. The molecule has 1 saturated carbocycles. The summed E-state index contributed by atoms with van der Waals surface area (Å²) < 4.78 is 4.62. The van der Waals surface area contributed by atoms with E-state index in [0.717, 1.165) is 12.8 Å². The first-order valence-electron chi connectivity index (χ1n) is 6.56. The van der Waals surface area contributed by atoms with Gasteiger partial charge >= 0.3 is 5.97 Å². The Bertz CT molecular complexity index is 526. The van der Waals surface area contributed by atoms with Crippen molar-refractivity contribution in [1.29, 1.82) is 0 Å². The van der Waals surface area contributed by atoms with Gasteiger partial charge in [0.25, 0.3) is 0 Å². The van der Waals surface area contributed by atoms with Crippen LogP contribution in [0.5, 0.6) is 0 Å². The van der Waals surface area contributed by atoms with Gasteiger partial charge in [-0.2, -0.15) is 0 Å². The summed E-state index contributed by atoms with van der Waals surface area (Å²) in [7, 11) is 1.31. The molecule has 6 nitrogen and oxygen atoms in total. The second-order valence-corrected chi connectivity index (χ2v) is 4.94. The molecule has 0 aromatic heterocycles. The Morgan fingerprint density at radius 1 is 1.40 bits per heavy atom. The van der Waals surface area contributed by atoms with Crippen LogP contribution in [0.1, 0.15) is 30.1 Å². The van der Waals surface area contributed by atoms with Crippen molar-refractivity contribution in [2.45, 2.75) is 31.8 Å². The SMILES string of the molecule is COC(=O)c1ccc(NC(C)C(=O)NC2CC2)c(N)c1. The lowest BCUT2D eigenvalue weighted by atomic mass is 10.1. The summed E-state index contributed by atoms with van der Waals surface area (Å²) in [6.07, 6.45) is 2.10. The topological polar surface area (TPSA) is 93.4 Å². The zero-order chi connectivity index (χ0) is 14.7. The fourth-order valence-electron chi connectivity index (χ4n) is 1.79. The highest BCUT2D eigenvalue weighted by molar-refractivity contribution is 5.92. The summed E-state index contributed by atoms with van der Waals surface area (Å²) >= 11 is 0. The third-order valence-corrected chi connectivity index (χ3v) is 3.16. The molecule has 2 rings (SSSR count). The maximum Gasteiger partial charge on any atom is 0.337 e. The Morgan fingerprint density at radius 3 is 2.65 bits per heavy atom. The molecule has 4 N–H and O–H groups in total. The Balaban J connectivity index is 2.01. The van der Waals surface area contributed by atoms with Crippen LogP contribution in [-0.2, 0) is 9.53 Å². The van der Waals surface area contributed by atoms with Gasteiger partial charge in [0.05, 0.1) is 24.0 Å². The average Bonchev–Trinajstić information content (AvgIpc) is 3.23. The zero-order valence-electron chi connectivity index (χ0n) is 11.6. The first-order valence-corrected chi connectivity index (χ1v) is 6.56. The van der Waals surface area contributed by atoms with Crippen molar-refractivity contribution in [3.8, 4) is 0 Å². The van der Waals surface area contributed by atoms with E-state index in [4.69, 9.17) is 5.73 Å². The van der Waals surface area contributed by atoms with Gasteiger partial charge in [0.1, 0.15) is 6.04 Å². The molecule has 1 aliphatic carbocycles. The molecule has 1 aromatic rings. The fraction of sp³-hybridized carbons (Fsp3) is 0.429. The lowest BCUT2D eigenvalue weighted by Gasteiger charge is -2.16. The molecule has 0 bridgehead atoms. The standard InChI is InChI=1S/C14H19N3O3/c1-8(13(18)17-10-4-5-10)16-12-6-3-9(7-11(12)15)14(19)20-2/h3,6-8,10,16H,4-5,15H2,1-2H3,(H,17,18). The third kappa shape index (κ3) is 3.40. The van der Waals surface area contributed by atoms with Crippen molar-refractivity contribution in [3.63, 3.8) is 0 Å². The number of ether oxygens (including phenoxy) is 1. The third-order valence-electron chi connectivity index (χ3n) is 3.16. The van der Waals surface area contributed by atoms with Gasteiger partial charge in [0.2, 0.25) is 5.91 Å². The molecular weight excluding hydrogens is 258 g/mol. The van der Waals surface area contributed by atoms with Gasteiger partial charge < -0.3 is 21.1 Å². The van der Waals surface area contributed by atoms with Crippen molar-refractivity contribution in [2.75, 3.05) is 18.2 Å². The van der Waals surface area contributed by atoms with Crippen molar-refractivity contribution in [1.82, 2.24) is 5.32 Å². The first-order chi connectivity index (χ1) is 9.51. The number of esters is 1. The summed E-state index contributed by atoms with van der Waals surface area (Å²) in [6, 6.07) is 4.74. The summed E-state index contributed by atoms with van der Waals surface area (Å²) in [5, 5.41) is 5.95. The van der Waals surface area contributed by atoms with Crippen LogP contribution in [0, 0.1) is 0 Å². The van der Waals surface area contributed by atoms with Gasteiger partial charge in [-0.15, -0.1) is 0 Å². The molecular formula is C14H19N3O3. The van der Waals surface area contributed by atoms with Crippen molar-refractivity contribution in [3.05, 3.63) is 23.8 Å². The van der Waals surface area contributed by atoms with Gasteiger partial charge in [0, 0.05) is 6.04 Å². The Hall–Kier alpha value is -2.24. The van der Waals surface area contributed by atoms with E-state index in [-0.39, 0.29) is 11.9 Å². The summed E-state index contributed by atoms with van der Waals surface area (Å²) in [6.45, 7) is 1.77. The minimum absolute atomic E-state index is 0.0519. The summed E-state index contributed by atoms with van der Waals surface area (Å²) in [5.41, 5.74) is 7.28. The van der Waals surface area contributed by atoms with Gasteiger partial charge in [-0.25, -0.2) is 4.79 Å². The lowest BCUT2D eigenvalue weighted by molar-refractivity contribution is -0.121. The molecule has 0 spiro atoms. The number of nitrogen functional groups attached to an aromatic ring is 1. The number of methoxy groups -OCH3 is 1. The molecule has 20 heavy (non-hydrogen) atoms. The number of carbonyl (C=O) groups is 2. The number of carbonyl (C=O) groups excluding carboxylic acids is 2. The van der Waals surface area contributed by atoms with E-state index in [9.17, 15) is 9.59 Å². The molecule has 1 unspecified atom stereocenters. The van der Waals surface area contributed by atoms with E-state index in [1.54, 1.807) is 19.1 Å². The number of anilines is 2. The minimum atomic E-state index is -0.442. The van der Waals surface area contributed by atoms with E-state index >= 15 is 0 Å². The van der Waals surface area contributed by atoms with E-state index in [1.165, 1.54) is 13.2 Å². The number of amides is 1. The normalized spacial score (nSPS) is 15.3. The molecule has 1 amide bonds. The smallest absolute Gasteiger partial charge is 0.337 e. The van der Waals surface area contributed by atoms with Crippen molar-refractivity contribution >= 4 is 23.3 Å². The molecule has 0 saturated heterocycles. The predicted molar refractivity (Wildman–Crippen MR) is 76.4 cm³/mol. The van der Waals surface area contributed by atoms with Crippen LogP contribution in [0.25, 0.3) is 0 Å². The van der Waals surface area contributed by atoms with Gasteiger partial charge in [-0.1, -0.05) is 0 Å². The molecule has 6 heteroatoms. The second-order valence-electron chi connectivity index (χ2n) is 4.94. The second kappa shape index (κ2) is 5.81. The van der Waals surface area contributed by atoms with E-state index in [2.05, 4.69) is 15.4 Å². The molecule has 108 valence electrons. The fourth-order valence-corrected chi connectivity index (χ4v) is 1.79. The highest BCUT2D eigenvalue weighted by Gasteiger charge is 2.25. The highest BCUT2D eigenvalue weighted by Crippen LogP contribution is 2.22. The molecule has 1 aliphatic rings. The molecule has 0 aliphatic heterocycles. The number of hydrogen-bond donors (Lipinski definition) is 3. The number of benzene rings is 1. The lowest BCUT2D eigenvalue weighted by Crippen LogP contribution is -2.38. The van der Waals surface area contributed by atoms with Gasteiger partial charge in [0.15, 0.2) is 0 Å². The quantitative estimate of drug-likeness (QED) is 0.554. The van der Waals surface area contributed by atoms with Crippen LogP contribution in [-0.4, -0.2) is 31.1 Å². The highest BCUT2D eigenvalue weighted by atomic mass is 16.5. The van der Waals surface area contributed by atoms with E-state index < -0.39 is 5.97 Å². The van der Waals surface area contributed by atoms with Gasteiger partial charge in [-0.3, -0.25) is 4.79 Å². The van der Waals surface area contributed by atoms with Crippen LogP contribution < -0.4 is 16.4 Å². The molecule has 0 radical (unpaired) electrons. The van der Waals surface area contributed by atoms with Crippen LogP contribution in [0.2, 0.25) is 0 Å². The molecule has 1 fully saturated rings. The number of nitrogens with two attached hydrogens (primary N) is 1. The Kier molecular flexibility index (Phi) is 4.12. The minimum Gasteiger partial charge on any atom is -0.465 e. The zero-order valence-corrected chi connectivity index (χ0v) is 11.6. The van der Waals surface area contributed by atoms with Crippen LogP contribution in [0.3, 0.4) is 0 Å². The van der Waals surface area contributed by atoms with E-state index in [1.807, 2.05) is 0 Å².